The number of carbonyl (C=O) groups is 5. The van der Waals surface area contributed by atoms with Gasteiger partial charge in [-0.2, -0.15) is 0 Å². The minimum Gasteiger partial charge on any atom is -0.360 e. The van der Waals surface area contributed by atoms with Crippen LogP contribution in [-0.4, -0.2) is 96.9 Å². The van der Waals surface area contributed by atoms with Crippen molar-refractivity contribution in [3.8, 4) is 11.1 Å². The highest BCUT2D eigenvalue weighted by atomic mass is 16.5. The summed E-state index contributed by atoms with van der Waals surface area (Å²) in [6.45, 7) is 1.40. The van der Waals surface area contributed by atoms with E-state index in [2.05, 4.69) is 16.0 Å². The average Bonchev–Trinajstić information content (AvgIpc) is 3.07. The summed E-state index contributed by atoms with van der Waals surface area (Å²) in [6, 6.07) is 25.1. The van der Waals surface area contributed by atoms with Crippen LogP contribution < -0.4 is 16.0 Å². The van der Waals surface area contributed by atoms with Crippen LogP contribution in [0.2, 0.25) is 0 Å². The van der Waals surface area contributed by atoms with Crippen molar-refractivity contribution in [3.63, 3.8) is 0 Å². The number of hydrogen-bond donors (Lipinski definition) is 3. The van der Waals surface area contributed by atoms with Crippen molar-refractivity contribution >= 4 is 29.5 Å². The van der Waals surface area contributed by atoms with Gasteiger partial charge in [0, 0.05) is 26.6 Å². The van der Waals surface area contributed by atoms with Gasteiger partial charge in [-0.25, -0.2) is 0 Å². The lowest BCUT2D eigenvalue weighted by Gasteiger charge is -2.38. The van der Waals surface area contributed by atoms with Gasteiger partial charge in [-0.05, 0) is 29.2 Å². The molecule has 0 unspecified atom stereocenters. The van der Waals surface area contributed by atoms with Gasteiger partial charge in [0.2, 0.25) is 23.6 Å². The monoisotopic (exact) mass is 625 g/mol. The van der Waals surface area contributed by atoms with Crippen molar-refractivity contribution in [1.29, 1.82) is 0 Å². The fraction of sp³-hybridized carbons (Fsp3) is 0.343. The lowest BCUT2D eigenvalue weighted by atomic mass is 10.0. The van der Waals surface area contributed by atoms with Crippen LogP contribution in [0.4, 0.5) is 0 Å². The van der Waals surface area contributed by atoms with Crippen molar-refractivity contribution in [3.05, 3.63) is 96.1 Å². The topological polar surface area (TPSA) is 137 Å². The van der Waals surface area contributed by atoms with Gasteiger partial charge < -0.3 is 30.5 Å². The molecule has 3 aromatic rings. The Balaban J connectivity index is 1.35. The first kappa shape index (κ1) is 32.4. The number of nitrogens with zero attached hydrogens (tertiary/aromatic N) is 2. The third kappa shape index (κ3) is 8.36. The molecule has 2 bridgehead atoms. The summed E-state index contributed by atoms with van der Waals surface area (Å²) >= 11 is 0. The SMILES string of the molecule is C[C@H]1NC(=O)CN(C)C(=O)[C@@H](Cc2ccccc2)NC(=O)[C@H]2CN(C(=O)Cc3ccc(-c4ccccc4)cc3)C[C@H](CNC1=O)O2. The third-order valence-corrected chi connectivity index (χ3v) is 8.16. The predicted molar refractivity (Wildman–Crippen MR) is 171 cm³/mol. The fourth-order valence-corrected chi connectivity index (χ4v) is 5.63. The van der Waals surface area contributed by atoms with E-state index in [1.807, 2.05) is 84.9 Å². The maximum atomic E-state index is 13.7. The highest BCUT2D eigenvalue weighted by Gasteiger charge is 2.37. The second kappa shape index (κ2) is 14.8. The summed E-state index contributed by atoms with van der Waals surface area (Å²) < 4.78 is 6.10. The molecule has 11 nitrogen and oxygen atoms in total. The molecule has 5 rings (SSSR count). The van der Waals surface area contributed by atoms with Gasteiger partial charge in [0.05, 0.1) is 25.6 Å². The van der Waals surface area contributed by atoms with Crippen LogP contribution in [0, 0.1) is 0 Å². The Morgan fingerprint density at radius 1 is 0.804 bits per heavy atom. The molecular weight excluding hydrogens is 586 g/mol. The van der Waals surface area contributed by atoms with E-state index < -0.39 is 47.9 Å². The Bertz CT molecular complexity index is 1550. The highest BCUT2D eigenvalue weighted by molar-refractivity contribution is 5.93. The van der Waals surface area contributed by atoms with E-state index in [-0.39, 0.29) is 44.9 Å². The number of morpholine rings is 1. The van der Waals surface area contributed by atoms with Crippen LogP contribution in [0.3, 0.4) is 0 Å². The predicted octanol–water partition coefficient (Wildman–Crippen LogP) is 1.31. The van der Waals surface area contributed by atoms with Gasteiger partial charge in [0.1, 0.15) is 12.1 Å². The Kier molecular flexibility index (Phi) is 10.4. The molecule has 46 heavy (non-hydrogen) atoms. The molecular formula is C35H39N5O6. The van der Waals surface area contributed by atoms with Gasteiger partial charge >= 0.3 is 0 Å². The van der Waals surface area contributed by atoms with Crippen molar-refractivity contribution in [2.75, 3.05) is 33.2 Å². The van der Waals surface area contributed by atoms with Gasteiger partial charge in [-0.1, -0.05) is 84.9 Å². The van der Waals surface area contributed by atoms with Crippen LogP contribution in [-0.2, 0) is 41.6 Å². The highest BCUT2D eigenvalue weighted by Crippen LogP contribution is 2.20. The Hall–Kier alpha value is -5.03. The lowest BCUT2D eigenvalue weighted by Crippen LogP contribution is -2.59. The lowest BCUT2D eigenvalue weighted by molar-refractivity contribution is -0.157. The van der Waals surface area contributed by atoms with Gasteiger partial charge in [-0.3, -0.25) is 24.0 Å². The fourth-order valence-electron chi connectivity index (χ4n) is 5.63. The van der Waals surface area contributed by atoms with Gasteiger partial charge in [0.25, 0.3) is 5.91 Å². The quantitative estimate of drug-likeness (QED) is 0.391. The smallest absolute Gasteiger partial charge is 0.251 e. The first-order chi connectivity index (χ1) is 22.2. The second-order valence-electron chi connectivity index (χ2n) is 11.8. The average molecular weight is 626 g/mol. The molecule has 2 aliphatic heterocycles. The molecule has 5 amide bonds. The summed E-state index contributed by atoms with van der Waals surface area (Å²) in [5, 5.41) is 8.19. The molecule has 4 atom stereocenters. The molecule has 2 aliphatic rings. The number of nitrogens with one attached hydrogen (secondary N) is 3. The summed E-state index contributed by atoms with van der Waals surface area (Å²) in [4.78, 5) is 69.0. The minimum atomic E-state index is -1.08. The van der Waals surface area contributed by atoms with E-state index in [9.17, 15) is 24.0 Å². The Morgan fingerprint density at radius 3 is 2.15 bits per heavy atom. The van der Waals surface area contributed by atoms with Crippen molar-refractivity contribution in [1.82, 2.24) is 25.8 Å². The van der Waals surface area contributed by atoms with Crippen molar-refractivity contribution in [2.24, 2.45) is 0 Å². The molecule has 2 fully saturated rings. The van der Waals surface area contributed by atoms with Crippen molar-refractivity contribution < 1.29 is 28.7 Å². The molecule has 3 aromatic carbocycles. The minimum absolute atomic E-state index is 0.0181. The normalized spacial score (nSPS) is 23.0. The molecule has 0 spiro atoms. The first-order valence-electron chi connectivity index (χ1n) is 15.4. The largest absolute Gasteiger partial charge is 0.360 e. The van der Waals surface area contributed by atoms with Crippen LogP contribution >= 0.6 is 0 Å². The molecule has 11 heteroatoms. The number of likely N-dealkylation sites (N-methyl/N-ethyl adjacent to an activating group) is 1. The number of benzene rings is 3. The molecule has 0 radical (unpaired) electrons. The Morgan fingerprint density at radius 2 is 1.46 bits per heavy atom. The zero-order chi connectivity index (χ0) is 32.6. The zero-order valence-electron chi connectivity index (χ0n) is 26.0. The van der Waals surface area contributed by atoms with Crippen molar-refractivity contribution in [2.45, 2.75) is 44.1 Å². The summed E-state index contributed by atoms with van der Waals surface area (Å²) in [5.41, 5.74) is 3.75. The van der Waals surface area contributed by atoms with Gasteiger partial charge in [-0.15, -0.1) is 0 Å². The third-order valence-electron chi connectivity index (χ3n) is 8.16. The van der Waals surface area contributed by atoms with Crippen LogP contribution in [0.25, 0.3) is 11.1 Å². The molecule has 3 N–H and O–H groups in total. The second-order valence-corrected chi connectivity index (χ2v) is 11.8. The number of rotatable bonds is 5. The zero-order valence-corrected chi connectivity index (χ0v) is 26.0. The number of fused-ring (bicyclic) bond motifs is 2. The standard InChI is InChI=1S/C35H39N5O6/c1-23-33(43)36-19-28-20-40(32(42)18-25-13-15-27(16-14-25)26-11-7-4-8-12-26)21-30(46-28)34(44)38-29(17-24-9-5-3-6-10-24)35(45)39(2)22-31(41)37-23/h3-16,23,28-30H,17-22H2,1-2H3,(H,36,43)(H,37,41)(H,38,44)/t23-,28+,29-,30-/m1/s1. The number of ether oxygens (including phenoxy) is 1. The maximum absolute atomic E-state index is 13.7. The molecule has 2 saturated heterocycles. The van der Waals surface area contributed by atoms with E-state index in [0.29, 0.717) is 0 Å². The van der Waals surface area contributed by atoms with E-state index in [0.717, 1.165) is 22.3 Å². The number of hydrogen-bond acceptors (Lipinski definition) is 6. The van der Waals surface area contributed by atoms with Crippen LogP contribution in [0.1, 0.15) is 18.1 Å². The molecule has 240 valence electrons. The van der Waals surface area contributed by atoms with E-state index in [4.69, 9.17) is 4.74 Å². The molecule has 0 saturated carbocycles. The number of amides is 5. The summed E-state index contributed by atoms with van der Waals surface area (Å²) in [6.07, 6.45) is -1.48. The number of carbonyl (C=O) groups excluding carboxylic acids is 5. The Labute approximate surface area is 268 Å². The van der Waals surface area contributed by atoms with Gasteiger partial charge in [0.15, 0.2) is 6.10 Å². The van der Waals surface area contributed by atoms with Crippen LogP contribution in [0.15, 0.2) is 84.9 Å². The molecule has 2 heterocycles. The summed E-state index contributed by atoms with van der Waals surface area (Å²) in [7, 11) is 1.47. The molecule has 0 aliphatic carbocycles. The van der Waals surface area contributed by atoms with E-state index >= 15 is 0 Å². The summed E-state index contributed by atoms with van der Waals surface area (Å²) in [5.74, 6) is -2.19. The first-order valence-corrected chi connectivity index (χ1v) is 15.4. The molecule has 0 aromatic heterocycles. The van der Waals surface area contributed by atoms with E-state index in [1.165, 1.54) is 11.9 Å². The van der Waals surface area contributed by atoms with Crippen LogP contribution in [0.5, 0.6) is 0 Å². The maximum Gasteiger partial charge on any atom is 0.251 e. The van der Waals surface area contributed by atoms with E-state index in [1.54, 1.807) is 11.8 Å².